The van der Waals surface area contributed by atoms with Crippen molar-refractivity contribution in [2.24, 2.45) is 0 Å². The molecule has 3 rings (SSSR count). The van der Waals surface area contributed by atoms with E-state index in [1.165, 1.54) is 0 Å². The van der Waals surface area contributed by atoms with Crippen LogP contribution in [-0.4, -0.2) is 52.7 Å². The number of thiocarbonyl (C=S) groups is 3. The van der Waals surface area contributed by atoms with Gasteiger partial charge in [-0.15, -0.1) is 0 Å². The summed E-state index contributed by atoms with van der Waals surface area (Å²) in [5.41, 5.74) is 3.10. The van der Waals surface area contributed by atoms with Crippen molar-refractivity contribution < 1.29 is 0 Å². The Balaban J connectivity index is 1.37. The fourth-order valence-corrected chi connectivity index (χ4v) is 9.37. The van der Waals surface area contributed by atoms with Crippen molar-refractivity contribution in [3.63, 3.8) is 0 Å². The van der Waals surface area contributed by atoms with Crippen LogP contribution < -0.4 is 16.0 Å². The fraction of sp³-hybridized carbons (Fsp3) is 0.250. The molecular weight excluding hydrogens is 635 g/mol. The van der Waals surface area contributed by atoms with E-state index in [0.717, 1.165) is 64.5 Å². The van der Waals surface area contributed by atoms with Gasteiger partial charge >= 0.3 is 0 Å². The molecule has 0 spiro atoms. The van der Waals surface area contributed by atoms with Crippen molar-refractivity contribution in [1.82, 2.24) is 0 Å². The summed E-state index contributed by atoms with van der Waals surface area (Å²) in [7, 11) is 0. The number of hydrogen-bond acceptors (Lipinski definition) is 8. The molecule has 3 aromatic carbocycles. The first-order valence-electron chi connectivity index (χ1n) is 12.2. The molecule has 206 valence electrons. The van der Waals surface area contributed by atoms with E-state index in [1.807, 2.05) is 115 Å². The molecule has 0 bridgehead atoms. The molecule has 3 aromatic rings. The van der Waals surface area contributed by atoms with Crippen molar-refractivity contribution in [3.8, 4) is 0 Å². The maximum Gasteiger partial charge on any atom is 0.138 e. The monoisotopic (exact) mass is 665 g/mol. The molecule has 0 aromatic heterocycles. The minimum Gasteiger partial charge on any atom is -0.341 e. The van der Waals surface area contributed by atoms with E-state index in [-0.39, 0.29) is 0 Å². The lowest BCUT2D eigenvalue weighted by atomic mass is 10.3. The van der Waals surface area contributed by atoms with E-state index in [1.54, 1.807) is 35.3 Å². The normalized spacial score (nSPS) is 11.4. The Hall–Kier alpha value is -0.920. The number of nitrogens with one attached hydrogen (secondary N) is 3. The maximum atomic E-state index is 5.60. The summed E-state index contributed by atoms with van der Waals surface area (Å²) >= 11 is 25.7. The minimum atomic E-state index is 0.492. The summed E-state index contributed by atoms with van der Waals surface area (Å²) in [6.45, 7) is 0. The van der Waals surface area contributed by atoms with Gasteiger partial charge in [-0.2, -0.15) is 23.5 Å². The Morgan fingerprint density at radius 1 is 0.513 bits per heavy atom. The van der Waals surface area contributed by atoms with Crippen molar-refractivity contribution in [2.45, 2.75) is 5.25 Å². The molecular formula is C28H31N3S8. The number of thioether (sulfide) groups is 5. The Morgan fingerprint density at radius 2 is 0.923 bits per heavy atom. The van der Waals surface area contributed by atoms with Gasteiger partial charge in [-0.25, -0.2) is 0 Å². The molecule has 0 aliphatic rings. The third kappa shape index (κ3) is 15.0. The third-order valence-corrected chi connectivity index (χ3v) is 12.1. The van der Waals surface area contributed by atoms with Crippen LogP contribution in [0, 0.1) is 0 Å². The Labute approximate surface area is 270 Å². The van der Waals surface area contributed by atoms with Crippen LogP contribution in [0.15, 0.2) is 91.0 Å². The second kappa shape index (κ2) is 20.0. The smallest absolute Gasteiger partial charge is 0.138 e. The average Bonchev–Trinajstić information content (AvgIpc) is 2.95. The van der Waals surface area contributed by atoms with Crippen LogP contribution in [-0.2, 0) is 0 Å². The number of benzene rings is 3. The van der Waals surface area contributed by atoms with Crippen molar-refractivity contribution in [3.05, 3.63) is 91.0 Å². The first-order valence-corrected chi connectivity index (χ1v) is 18.6. The lowest BCUT2D eigenvalue weighted by Gasteiger charge is -2.17. The Kier molecular flexibility index (Phi) is 16.7. The summed E-state index contributed by atoms with van der Waals surface area (Å²) < 4.78 is 2.44. The van der Waals surface area contributed by atoms with Gasteiger partial charge in [0.05, 0.1) is 0 Å². The first-order chi connectivity index (χ1) is 19.1. The molecule has 1 unspecified atom stereocenters. The summed E-state index contributed by atoms with van der Waals surface area (Å²) in [6, 6.07) is 30.3. The number of hydrogen-bond donors (Lipinski definition) is 3. The minimum absolute atomic E-state index is 0.492. The van der Waals surface area contributed by atoms with Crippen LogP contribution in [0.3, 0.4) is 0 Å². The second-order valence-electron chi connectivity index (χ2n) is 7.91. The second-order valence-corrected chi connectivity index (χ2v) is 15.7. The summed E-state index contributed by atoms with van der Waals surface area (Å²) in [5.74, 6) is 6.08. The molecule has 0 aliphatic heterocycles. The van der Waals surface area contributed by atoms with Crippen molar-refractivity contribution in [2.75, 3.05) is 50.5 Å². The maximum absolute atomic E-state index is 5.60. The van der Waals surface area contributed by atoms with E-state index in [2.05, 4.69) is 16.0 Å². The number of anilines is 3. The van der Waals surface area contributed by atoms with Gasteiger partial charge in [0.1, 0.15) is 13.0 Å². The van der Waals surface area contributed by atoms with E-state index < -0.39 is 0 Å². The molecule has 0 radical (unpaired) electrons. The van der Waals surface area contributed by atoms with Gasteiger partial charge in [-0.05, 0) is 36.4 Å². The molecule has 0 fully saturated rings. The van der Waals surface area contributed by atoms with Crippen LogP contribution in [0.4, 0.5) is 17.1 Å². The summed E-state index contributed by atoms with van der Waals surface area (Å²) in [6.07, 6.45) is 0. The Morgan fingerprint density at radius 3 is 1.38 bits per heavy atom. The van der Waals surface area contributed by atoms with Gasteiger partial charge in [-0.1, -0.05) is 127 Å². The zero-order chi connectivity index (χ0) is 27.5. The quantitative estimate of drug-likeness (QED) is 0.114. The predicted molar refractivity (Wildman–Crippen MR) is 199 cm³/mol. The van der Waals surface area contributed by atoms with Gasteiger partial charge in [0.25, 0.3) is 0 Å². The average molecular weight is 666 g/mol. The van der Waals surface area contributed by atoms with Gasteiger partial charge in [0.15, 0.2) is 0 Å². The number of rotatable bonds is 14. The van der Waals surface area contributed by atoms with Crippen LogP contribution >= 0.6 is 95.5 Å². The van der Waals surface area contributed by atoms with Gasteiger partial charge in [0, 0.05) is 56.8 Å². The molecule has 3 nitrogen and oxygen atoms in total. The predicted octanol–water partition coefficient (Wildman–Crippen LogP) is 9.21. The third-order valence-electron chi connectivity index (χ3n) is 4.90. The highest BCUT2D eigenvalue weighted by molar-refractivity contribution is 8.24. The standard InChI is InChI=1S/C28H31N3S8/c32-26(29-22-10-4-1-5-11-22)37-17-16-35-20-25(21-39-28(34)31-24-14-8-3-9-15-24)36-18-19-38-27(33)30-23-12-6-2-7-13-23/h1-15,25H,16-21H2,(H,29,32)(H,30,33)(H,31,34). The van der Waals surface area contributed by atoms with Crippen molar-refractivity contribution in [1.29, 1.82) is 0 Å². The molecule has 39 heavy (non-hydrogen) atoms. The van der Waals surface area contributed by atoms with Crippen LogP contribution in [0.2, 0.25) is 0 Å². The van der Waals surface area contributed by atoms with Gasteiger partial charge in [0.2, 0.25) is 0 Å². The van der Waals surface area contributed by atoms with E-state index in [4.69, 9.17) is 36.7 Å². The lowest BCUT2D eigenvalue weighted by Crippen LogP contribution is -2.16. The van der Waals surface area contributed by atoms with E-state index >= 15 is 0 Å². The van der Waals surface area contributed by atoms with Gasteiger partial charge < -0.3 is 16.0 Å². The highest BCUT2D eigenvalue weighted by Gasteiger charge is 2.13. The number of para-hydroxylation sites is 3. The van der Waals surface area contributed by atoms with Crippen LogP contribution in [0.25, 0.3) is 0 Å². The Bertz CT molecular complexity index is 1130. The molecule has 0 saturated heterocycles. The van der Waals surface area contributed by atoms with Crippen molar-refractivity contribution >= 4 is 125 Å². The molecule has 11 heteroatoms. The van der Waals surface area contributed by atoms with Crippen LogP contribution in [0.1, 0.15) is 0 Å². The highest BCUT2D eigenvalue weighted by Crippen LogP contribution is 2.25. The largest absolute Gasteiger partial charge is 0.341 e. The zero-order valence-corrected chi connectivity index (χ0v) is 27.8. The lowest BCUT2D eigenvalue weighted by molar-refractivity contribution is 1.15. The van der Waals surface area contributed by atoms with Gasteiger partial charge in [-0.3, -0.25) is 0 Å². The molecule has 0 aliphatic carbocycles. The summed E-state index contributed by atoms with van der Waals surface area (Å²) in [4.78, 5) is 0. The molecule has 0 amide bonds. The molecule has 0 saturated carbocycles. The zero-order valence-electron chi connectivity index (χ0n) is 21.2. The fourth-order valence-electron chi connectivity index (χ4n) is 3.10. The molecule has 3 N–H and O–H groups in total. The first kappa shape index (κ1) is 32.6. The summed E-state index contributed by atoms with van der Waals surface area (Å²) in [5, 5.41) is 10.4. The van der Waals surface area contributed by atoms with Crippen LogP contribution in [0.5, 0.6) is 0 Å². The SMILES string of the molecule is S=C(Nc1ccccc1)SCCSCC(CSC(=S)Nc1ccccc1)SCCSC(=S)Nc1ccccc1. The highest BCUT2D eigenvalue weighted by atomic mass is 32.2. The molecule has 1 atom stereocenters. The topological polar surface area (TPSA) is 36.1 Å². The van der Waals surface area contributed by atoms with E-state index in [0.29, 0.717) is 5.25 Å². The van der Waals surface area contributed by atoms with E-state index in [9.17, 15) is 0 Å². The molecule has 0 heterocycles.